The van der Waals surface area contributed by atoms with Gasteiger partial charge in [-0.15, -0.1) is 0 Å². The summed E-state index contributed by atoms with van der Waals surface area (Å²) in [5, 5.41) is 11.0. The number of hydrogen-bond acceptors (Lipinski definition) is 10. The zero-order chi connectivity index (χ0) is 32.0. The normalized spacial score (nSPS) is 20.7. The van der Waals surface area contributed by atoms with E-state index in [9.17, 15) is 5.11 Å². The summed E-state index contributed by atoms with van der Waals surface area (Å²) >= 11 is 0. The highest BCUT2D eigenvalue weighted by Crippen LogP contribution is 2.52. The van der Waals surface area contributed by atoms with Crippen molar-refractivity contribution in [2.24, 2.45) is 0 Å². The lowest BCUT2D eigenvalue weighted by atomic mass is 9.89. The molecule has 0 fully saturated rings. The number of benzene rings is 4. The van der Waals surface area contributed by atoms with E-state index in [1.165, 1.54) is 5.56 Å². The maximum Gasteiger partial charge on any atom is 0.270 e. The maximum atomic E-state index is 11.0. The van der Waals surface area contributed by atoms with Crippen molar-refractivity contribution >= 4 is 11.6 Å². The molecule has 46 heavy (non-hydrogen) atoms. The van der Waals surface area contributed by atoms with Gasteiger partial charge >= 0.3 is 0 Å². The van der Waals surface area contributed by atoms with Crippen LogP contribution in [0.2, 0.25) is 0 Å². The molecule has 0 bridgehead atoms. The third kappa shape index (κ3) is 4.95. The summed E-state index contributed by atoms with van der Waals surface area (Å²) in [4.78, 5) is 0. The molecule has 0 saturated carbocycles. The molecule has 0 radical (unpaired) electrons. The Hall–Kier alpha value is -5.22. The summed E-state index contributed by atoms with van der Waals surface area (Å²) in [6, 6.07) is 20.9. The van der Waals surface area contributed by atoms with E-state index < -0.39 is 5.79 Å². The quantitative estimate of drug-likeness (QED) is 0.282. The van der Waals surface area contributed by atoms with Crippen LogP contribution in [-0.4, -0.2) is 59.7 Å². The van der Waals surface area contributed by atoms with E-state index in [-0.39, 0.29) is 18.6 Å². The molecule has 10 nitrogen and oxygen atoms in total. The van der Waals surface area contributed by atoms with Crippen LogP contribution in [0.25, 0.3) is 11.6 Å². The second kappa shape index (κ2) is 11.6. The molecule has 0 aromatic heterocycles. The molecule has 10 heteroatoms. The Bertz CT molecular complexity index is 1830. The van der Waals surface area contributed by atoms with E-state index in [4.69, 9.17) is 42.6 Å². The Balaban J connectivity index is 0.000000149. The van der Waals surface area contributed by atoms with Crippen LogP contribution in [0.3, 0.4) is 0 Å². The lowest BCUT2D eigenvalue weighted by molar-refractivity contribution is -0.116. The molecule has 238 valence electrons. The summed E-state index contributed by atoms with van der Waals surface area (Å²) in [6.45, 7) is 0.585. The smallest absolute Gasteiger partial charge is 0.270 e. The predicted octanol–water partition coefficient (Wildman–Crippen LogP) is 6.04. The third-order valence-electron chi connectivity index (χ3n) is 8.60. The van der Waals surface area contributed by atoms with Gasteiger partial charge in [0.25, 0.3) is 5.79 Å². The first-order valence-corrected chi connectivity index (χ1v) is 14.7. The van der Waals surface area contributed by atoms with Crippen molar-refractivity contribution in [1.82, 2.24) is 0 Å². The highest BCUT2D eigenvalue weighted by Gasteiger charge is 2.45. The van der Waals surface area contributed by atoms with Gasteiger partial charge in [0.15, 0.2) is 18.1 Å². The summed E-state index contributed by atoms with van der Waals surface area (Å²) in [6.07, 6.45) is 1.90. The van der Waals surface area contributed by atoms with E-state index in [0.717, 1.165) is 34.1 Å². The summed E-state index contributed by atoms with van der Waals surface area (Å²) < 4.78 is 50.1. The Morgan fingerprint density at radius 1 is 0.652 bits per heavy atom. The Morgan fingerprint density at radius 2 is 1.28 bits per heavy atom. The van der Waals surface area contributed by atoms with Crippen molar-refractivity contribution < 1.29 is 47.7 Å². The number of fused-ring (bicyclic) bond motifs is 9. The van der Waals surface area contributed by atoms with Gasteiger partial charge in [0.05, 0.1) is 48.1 Å². The predicted molar refractivity (Wildman–Crippen MR) is 169 cm³/mol. The highest BCUT2D eigenvalue weighted by molar-refractivity contribution is 5.92. The van der Waals surface area contributed by atoms with Crippen LogP contribution in [0.1, 0.15) is 34.3 Å². The molecule has 4 heterocycles. The van der Waals surface area contributed by atoms with Crippen LogP contribution in [0.15, 0.2) is 66.7 Å². The summed E-state index contributed by atoms with van der Waals surface area (Å²) in [7, 11) is 8.03. The van der Waals surface area contributed by atoms with E-state index >= 15 is 0 Å². The number of hydrogen-bond donors (Lipinski definition) is 1. The van der Waals surface area contributed by atoms with Gasteiger partial charge < -0.3 is 47.7 Å². The van der Waals surface area contributed by atoms with Gasteiger partial charge in [-0.05, 0) is 42.5 Å². The molecule has 1 N–H and O–H groups in total. The molecular formula is C36H34O10. The number of ether oxygens (including phenoxy) is 9. The molecule has 3 atom stereocenters. The molecular weight excluding hydrogens is 592 g/mol. The average Bonchev–Trinajstić information content (AvgIpc) is 3.48. The first-order valence-electron chi connectivity index (χ1n) is 14.7. The number of aliphatic hydroxyl groups is 1. The van der Waals surface area contributed by atoms with Crippen molar-refractivity contribution in [2.75, 3.05) is 48.8 Å². The third-order valence-corrected chi connectivity index (χ3v) is 8.60. The molecule has 4 aromatic rings. The fourth-order valence-corrected chi connectivity index (χ4v) is 6.19. The van der Waals surface area contributed by atoms with Gasteiger partial charge in [-0.3, -0.25) is 0 Å². The van der Waals surface area contributed by atoms with Gasteiger partial charge in [0.2, 0.25) is 0 Å². The minimum absolute atomic E-state index is 0.00163. The first-order chi connectivity index (χ1) is 22.4. The Labute approximate surface area is 266 Å². The summed E-state index contributed by atoms with van der Waals surface area (Å²) in [5.74, 6) is 4.90. The average molecular weight is 627 g/mol. The summed E-state index contributed by atoms with van der Waals surface area (Å²) in [5.41, 5.74) is 4.42. The first kappa shape index (κ1) is 29.5. The minimum atomic E-state index is -1.58. The van der Waals surface area contributed by atoms with E-state index in [2.05, 4.69) is 6.07 Å². The molecule has 0 amide bonds. The van der Waals surface area contributed by atoms with Crippen LogP contribution < -0.4 is 42.6 Å². The fourth-order valence-electron chi connectivity index (χ4n) is 6.19. The van der Waals surface area contributed by atoms with Gasteiger partial charge in [-0.1, -0.05) is 6.07 Å². The van der Waals surface area contributed by atoms with Gasteiger partial charge in [0.1, 0.15) is 46.4 Å². The van der Waals surface area contributed by atoms with Gasteiger partial charge in [-0.2, -0.15) is 0 Å². The van der Waals surface area contributed by atoms with E-state index in [0.29, 0.717) is 46.5 Å². The van der Waals surface area contributed by atoms with Crippen LogP contribution in [0, 0.1) is 0 Å². The molecule has 4 aliphatic heterocycles. The Morgan fingerprint density at radius 3 is 1.98 bits per heavy atom. The van der Waals surface area contributed by atoms with Crippen LogP contribution in [-0.2, 0) is 0 Å². The van der Waals surface area contributed by atoms with E-state index in [1.54, 1.807) is 53.7 Å². The van der Waals surface area contributed by atoms with Crippen molar-refractivity contribution in [3.63, 3.8) is 0 Å². The lowest BCUT2D eigenvalue weighted by Crippen LogP contribution is -2.47. The molecule has 4 aromatic carbocycles. The van der Waals surface area contributed by atoms with Crippen molar-refractivity contribution in [2.45, 2.75) is 17.8 Å². The number of rotatable bonds is 5. The second-order valence-electron chi connectivity index (χ2n) is 11.1. The molecule has 0 saturated heterocycles. The zero-order valence-corrected chi connectivity index (χ0v) is 26.1. The highest BCUT2D eigenvalue weighted by atomic mass is 16.7. The molecule has 0 aliphatic carbocycles. The van der Waals surface area contributed by atoms with Gasteiger partial charge in [0, 0.05) is 52.1 Å². The second-order valence-corrected chi connectivity index (χ2v) is 11.1. The molecule has 4 aliphatic rings. The van der Waals surface area contributed by atoms with Crippen LogP contribution >= 0.6 is 0 Å². The molecule has 0 spiro atoms. The van der Waals surface area contributed by atoms with E-state index in [1.807, 2.05) is 48.5 Å². The van der Waals surface area contributed by atoms with Gasteiger partial charge in [-0.25, -0.2) is 0 Å². The lowest BCUT2D eigenvalue weighted by Gasteiger charge is -2.39. The van der Waals surface area contributed by atoms with Crippen LogP contribution in [0.5, 0.6) is 51.7 Å². The van der Waals surface area contributed by atoms with Crippen molar-refractivity contribution in [3.8, 4) is 51.7 Å². The SMILES string of the molecule is COc1ccc2c(c1)OC1(O)COc3cc(OC)c(OC)cc3C1=C2.COc1ccc2c(c1)OC1c3ccc(OC)cc3OCC21. The molecule has 8 rings (SSSR count). The topological polar surface area (TPSA) is 103 Å². The monoisotopic (exact) mass is 626 g/mol. The maximum absolute atomic E-state index is 11.0. The number of methoxy groups -OCH3 is 5. The standard InChI is InChI=1S/C19H18O6.C17H16O4/c1-21-12-5-4-11-6-14-13-8-17(22-2)18(23-3)9-16(13)24-10-19(14,20)25-15(11)7-12;1-18-10-4-6-13-15(7-10)20-9-14-12-5-3-11(19-2)8-16(12)21-17(13)14/h4-9,20H,10H2,1-3H3;3-8,14,17H,9H2,1-2H3. The van der Waals surface area contributed by atoms with Crippen molar-refractivity contribution in [1.29, 1.82) is 0 Å². The largest absolute Gasteiger partial charge is 0.497 e. The van der Waals surface area contributed by atoms with Crippen LogP contribution in [0.4, 0.5) is 0 Å². The fraction of sp³-hybridized carbons (Fsp3) is 0.278. The molecule has 3 unspecified atom stereocenters. The van der Waals surface area contributed by atoms with Crippen molar-refractivity contribution in [3.05, 3.63) is 89.0 Å². The minimum Gasteiger partial charge on any atom is -0.497 e. The zero-order valence-electron chi connectivity index (χ0n) is 26.1. The Kier molecular flexibility index (Phi) is 7.44.